The van der Waals surface area contributed by atoms with Crippen LogP contribution in [0.4, 0.5) is 14.6 Å². The van der Waals surface area contributed by atoms with Crippen LogP contribution in [0.15, 0.2) is 36.5 Å². The predicted octanol–water partition coefficient (Wildman–Crippen LogP) is 2.41. The van der Waals surface area contributed by atoms with Gasteiger partial charge in [-0.3, -0.25) is 19.3 Å². The lowest BCUT2D eigenvalue weighted by molar-refractivity contribution is -0.231. The maximum atomic E-state index is 14.6. The third-order valence-electron chi connectivity index (χ3n) is 6.91. The molecule has 0 unspecified atom stereocenters. The fourth-order valence-corrected chi connectivity index (χ4v) is 5.64. The minimum atomic E-state index is -0.910. The highest BCUT2D eigenvalue weighted by molar-refractivity contribution is 6.30. The number of anilines is 1. The van der Waals surface area contributed by atoms with Crippen molar-refractivity contribution in [1.82, 2.24) is 9.88 Å². The van der Waals surface area contributed by atoms with E-state index in [1.165, 1.54) is 23.2 Å². The second-order valence-electron chi connectivity index (χ2n) is 8.97. The number of carbonyl (C=O) groups excluding carboxylic acids is 3. The van der Waals surface area contributed by atoms with Crippen LogP contribution < -0.4 is 10.6 Å². The molecule has 2 N–H and O–H groups in total. The molecule has 1 aliphatic heterocycles. The average molecular weight is 461 g/mol. The number of hydrogen-bond donors (Lipinski definition) is 1. The second kappa shape index (κ2) is 6.96. The molecule has 1 aromatic heterocycles. The Bertz CT molecular complexity index is 1140. The van der Waals surface area contributed by atoms with E-state index in [0.717, 1.165) is 11.0 Å². The molecule has 3 aliphatic carbocycles. The first kappa shape index (κ1) is 20.8. The third kappa shape index (κ3) is 2.98. The molecule has 2 bridgehead atoms. The minimum Gasteiger partial charge on any atom is -0.369 e. The number of carbonyl (C=O) groups is 3. The monoisotopic (exact) mass is 460 g/mol. The summed E-state index contributed by atoms with van der Waals surface area (Å²) >= 11 is 5.78. The highest BCUT2D eigenvalue weighted by Gasteiger charge is 2.76. The molecule has 32 heavy (non-hydrogen) atoms. The fourth-order valence-electron chi connectivity index (χ4n) is 5.49. The predicted molar refractivity (Wildman–Crippen MR) is 110 cm³/mol. The van der Waals surface area contributed by atoms with Gasteiger partial charge in [-0.05, 0) is 43.0 Å². The SMILES string of the molecule is NC(=O)C12CC([C@@H]3C(=O)N(c4ncc(Cl)cc4F)CC(=O)N3Cc3ccc(F)cc3)(C1)C2. The second-order valence-corrected chi connectivity index (χ2v) is 9.41. The molecular weight excluding hydrogens is 442 g/mol. The van der Waals surface area contributed by atoms with Crippen LogP contribution in [-0.4, -0.2) is 40.2 Å². The smallest absolute Gasteiger partial charge is 0.252 e. The standard InChI is InChI=1S/C22H19ClF2N4O3/c23-13-5-15(25)18(27-6-13)29-8-16(30)28(7-12-1-3-14(24)4-2-12)17(19(29)31)21-9-22(10-21,11-21)20(26)32/h1-6,17H,7-11H2,(H2,26,32)/t17-,21?,22?/m0/s1. The van der Waals surface area contributed by atoms with E-state index in [0.29, 0.717) is 24.8 Å². The molecule has 4 aliphatic rings. The number of halogens is 3. The van der Waals surface area contributed by atoms with E-state index in [-0.39, 0.29) is 23.9 Å². The van der Waals surface area contributed by atoms with E-state index in [2.05, 4.69) is 4.98 Å². The van der Waals surface area contributed by atoms with Gasteiger partial charge in [0.1, 0.15) is 18.4 Å². The molecular formula is C22H19ClF2N4O3. The highest BCUT2D eigenvalue weighted by atomic mass is 35.5. The van der Waals surface area contributed by atoms with Gasteiger partial charge in [0.05, 0.1) is 10.4 Å². The van der Waals surface area contributed by atoms with Crippen LogP contribution >= 0.6 is 11.6 Å². The van der Waals surface area contributed by atoms with Gasteiger partial charge in [-0.1, -0.05) is 23.7 Å². The van der Waals surface area contributed by atoms with Crippen LogP contribution in [0.2, 0.25) is 5.02 Å². The van der Waals surface area contributed by atoms with Crippen molar-refractivity contribution in [1.29, 1.82) is 0 Å². The summed E-state index contributed by atoms with van der Waals surface area (Å²) in [6.07, 6.45) is 2.39. The molecule has 3 amide bonds. The summed E-state index contributed by atoms with van der Waals surface area (Å²) in [5.41, 5.74) is 4.92. The Labute approximate surface area is 187 Å². The molecule has 0 spiro atoms. The number of rotatable bonds is 5. The Morgan fingerprint density at radius 3 is 2.44 bits per heavy atom. The molecule has 2 heterocycles. The first-order valence-corrected chi connectivity index (χ1v) is 10.5. The summed E-state index contributed by atoms with van der Waals surface area (Å²) in [7, 11) is 0. The number of piperazine rings is 1. The maximum Gasteiger partial charge on any atom is 0.252 e. The molecule has 1 saturated heterocycles. The molecule has 6 rings (SSSR count). The molecule has 1 aromatic carbocycles. The number of benzene rings is 1. The van der Waals surface area contributed by atoms with Gasteiger partial charge in [0.2, 0.25) is 11.8 Å². The molecule has 3 saturated carbocycles. The Morgan fingerprint density at radius 2 is 1.84 bits per heavy atom. The number of hydrogen-bond acceptors (Lipinski definition) is 4. The van der Waals surface area contributed by atoms with Gasteiger partial charge in [0, 0.05) is 18.2 Å². The first-order valence-electron chi connectivity index (χ1n) is 10.1. The Kier molecular flexibility index (Phi) is 4.53. The van der Waals surface area contributed by atoms with Crippen LogP contribution in [0.5, 0.6) is 0 Å². The zero-order valence-electron chi connectivity index (χ0n) is 16.9. The van der Waals surface area contributed by atoms with Gasteiger partial charge in [0.15, 0.2) is 11.6 Å². The zero-order valence-corrected chi connectivity index (χ0v) is 17.6. The van der Waals surface area contributed by atoms with Gasteiger partial charge in [0.25, 0.3) is 5.91 Å². The van der Waals surface area contributed by atoms with Crippen LogP contribution in [0.1, 0.15) is 24.8 Å². The summed E-state index contributed by atoms with van der Waals surface area (Å²) < 4.78 is 27.9. The zero-order chi connectivity index (χ0) is 22.8. The van der Waals surface area contributed by atoms with Crippen molar-refractivity contribution in [2.24, 2.45) is 16.6 Å². The van der Waals surface area contributed by atoms with E-state index in [4.69, 9.17) is 17.3 Å². The fraction of sp³-hybridized carbons (Fsp3) is 0.364. The van der Waals surface area contributed by atoms with Crippen molar-refractivity contribution in [2.45, 2.75) is 31.8 Å². The Hall–Kier alpha value is -3.07. The summed E-state index contributed by atoms with van der Waals surface area (Å²) in [5, 5.41) is 0.0688. The molecule has 7 nitrogen and oxygen atoms in total. The van der Waals surface area contributed by atoms with Crippen molar-refractivity contribution >= 4 is 35.1 Å². The van der Waals surface area contributed by atoms with Crippen molar-refractivity contribution in [2.75, 3.05) is 11.4 Å². The summed E-state index contributed by atoms with van der Waals surface area (Å²) in [6.45, 7) is -0.301. The van der Waals surface area contributed by atoms with Crippen molar-refractivity contribution in [3.63, 3.8) is 0 Å². The quantitative estimate of drug-likeness (QED) is 0.741. The molecule has 0 radical (unpaired) electrons. The number of pyridine rings is 1. The van der Waals surface area contributed by atoms with Crippen molar-refractivity contribution in [3.8, 4) is 0 Å². The number of amides is 3. The van der Waals surface area contributed by atoms with Gasteiger partial charge in [-0.15, -0.1) is 0 Å². The average Bonchev–Trinajstić information content (AvgIpc) is 2.66. The lowest BCUT2D eigenvalue weighted by Crippen LogP contribution is -2.78. The maximum absolute atomic E-state index is 14.6. The van der Waals surface area contributed by atoms with Crippen LogP contribution in [0.3, 0.4) is 0 Å². The largest absolute Gasteiger partial charge is 0.369 e. The van der Waals surface area contributed by atoms with Crippen LogP contribution in [0, 0.1) is 22.5 Å². The van der Waals surface area contributed by atoms with Crippen LogP contribution in [-0.2, 0) is 20.9 Å². The summed E-state index contributed by atoms with van der Waals surface area (Å²) in [6, 6.07) is 5.77. The van der Waals surface area contributed by atoms with E-state index in [1.54, 1.807) is 12.1 Å². The number of aromatic nitrogens is 1. The molecule has 166 valence electrons. The summed E-state index contributed by atoms with van der Waals surface area (Å²) in [5.74, 6) is -2.77. The van der Waals surface area contributed by atoms with Gasteiger partial charge in [-0.2, -0.15) is 0 Å². The number of primary amides is 1. The van der Waals surface area contributed by atoms with Gasteiger partial charge in [-0.25, -0.2) is 13.8 Å². The lowest BCUT2D eigenvalue weighted by Gasteiger charge is -2.72. The van der Waals surface area contributed by atoms with Crippen LogP contribution in [0.25, 0.3) is 0 Å². The number of nitrogens with zero attached hydrogens (tertiary/aromatic N) is 3. The Morgan fingerprint density at radius 1 is 1.19 bits per heavy atom. The van der Waals surface area contributed by atoms with E-state index in [9.17, 15) is 23.2 Å². The third-order valence-corrected chi connectivity index (χ3v) is 7.12. The van der Waals surface area contributed by atoms with E-state index < -0.39 is 46.2 Å². The molecule has 2 aromatic rings. The van der Waals surface area contributed by atoms with E-state index >= 15 is 0 Å². The molecule has 10 heteroatoms. The van der Waals surface area contributed by atoms with E-state index in [1.807, 2.05) is 0 Å². The van der Waals surface area contributed by atoms with Gasteiger partial charge < -0.3 is 10.6 Å². The lowest BCUT2D eigenvalue weighted by atomic mass is 9.32. The number of nitrogens with two attached hydrogens (primary N) is 1. The normalized spacial score (nSPS) is 28.9. The van der Waals surface area contributed by atoms with Crippen molar-refractivity contribution < 1.29 is 23.2 Å². The molecule has 4 fully saturated rings. The molecule has 1 atom stereocenters. The van der Waals surface area contributed by atoms with Crippen molar-refractivity contribution in [3.05, 3.63) is 58.7 Å². The Balaban J connectivity index is 1.50. The van der Waals surface area contributed by atoms with Gasteiger partial charge >= 0.3 is 0 Å². The summed E-state index contributed by atoms with van der Waals surface area (Å²) in [4.78, 5) is 45.0. The minimum absolute atomic E-state index is 0.0688. The first-order chi connectivity index (χ1) is 15.1. The highest BCUT2D eigenvalue weighted by Crippen LogP contribution is 2.75. The topological polar surface area (TPSA) is 96.6 Å².